The molecule has 6 nitrogen and oxygen atoms in total. The van der Waals surface area contributed by atoms with Gasteiger partial charge in [0.2, 0.25) is 15.9 Å². The fourth-order valence-electron chi connectivity index (χ4n) is 3.78. The van der Waals surface area contributed by atoms with Gasteiger partial charge in [-0.15, -0.1) is 0 Å². The molecule has 2 saturated heterocycles. The minimum atomic E-state index is -3.56. The average molecular weight is 414 g/mol. The number of carbonyl (C=O) groups is 1. The summed E-state index contributed by atoms with van der Waals surface area (Å²) >= 11 is 6.21. The van der Waals surface area contributed by atoms with E-state index < -0.39 is 10.0 Å². The number of nitrogens with zero attached hydrogens (tertiary/aromatic N) is 2. The van der Waals surface area contributed by atoms with Crippen molar-refractivity contribution < 1.29 is 13.2 Å². The van der Waals surface area contributed by atoms with Crippen LogP contribution in [-0.2, 0) is 14.8 Å². The summed E-state index contributed by atoms with van der Waals surface area (Å²) in [6, 6.07) is 4.90. The second kappa shape index (κ2) is 8.90. The maximum Gasteiger partial charge on any atom is 0.243 e. The quantitative estimate of drug-likeness (QED) is 0.803. The van der Waals surface area contributed by atoms with E-state index in [1.54, 1.807) is 0 Å². The van der Waals surface area contributed by atoms with Crippen LogP contribution in [0.4, 0.5) is 5.69 Å². The van der Waals surface area contributed by atoms with Gasteiger partial charge in [0, 0.05) is 19.1 Å². The third-order valence-corrected chi connectivity index (χ3v) is 7.68. The summed E-state index contributed by atoms with van der Waals surface area (Å²) in [6.07, 6.45) is 6.21. The summed E-state index contributed by atoms with van der Waals surface area (Å²) in [4.78, 5) is 14.8. The fraction of sp³-hybridized carbons (Fsp3) is 0.632. The van der Waals surface area contributed by atoms with Gasteiger partial charge in [-0.05, 0) is 57.4 Å². The molecule has 0 bridgehead atoms. The Labute approximate surface area is 166 Å². The Bertz CT molecular complexity index is 778. The molecule has 1 aromatic carbocycles. The summed E-state index contributed by atoms with van der Waals surface area (Å²) in [5.74, 6) is -0.168. The molecular weight excluding hydrogens is 386 g/mol. The van der Waals surface area contributed by atoms with Crippen molar-refractivity contribution in [2.24, 2.45) is 0 Å². The lowest BCUT2D eigenvalue weighted by Crippen LogP contribution is -2.42. The van der Waals surface area contributed by atoms with Gasteiger partial charge in [-0.1, -0.05) is 24.4 Å². The largest absolute Gasteiger partial charge is 0.324 e. The number of carbonyl (C=O) groups excluding carboxylic acids is 1. The molecule has 3 rings (SSSR count). The Morgan fingerprint density at radius 2 is 1.85 bits per heavy atom. The average Bonchev–Trinajstić information content (AvgIpc) is 2.66. The van der Waals surface area contributed by atoms with Gasteiger partial charge in [-0.25, -0.2) is 8.42 Å². The Kier molecular flexibility index (Phi) is 6.78. The molecule has 1 aromatic rings. The molecule has 1 atom stereocenters. The van der Waals surface area contributed by atoms with E-state index in [-0.39, 0.29) is 10.8 Å². The number of amides is 1. The lowest BCUT2D eigenvalue weighted by atomic mass is 10.0. The van der Waals surface area contributed by atoms with Crippen LogP contribution < -0.4 is 5.32 Å². The smallest absolute Gasteiger partial charge is 0.243 e. The zero-order chi connectivity index (χ0) is 19.4. The van der Waals surface area contributed by atoms with Crippen molar-refractivity contribution in [1.29, 1.82) is 0 Å². The predicted octanol–water partition coefficient (Wildman–Crippen LogP) is 3.33. The molecule has 150 valence electrons. The van der Waals surface area contributed by atoms with E-state index >= 15 is 0 Å². The van der Waals surface area contributed by atoms with Crippen molar-refractivity contribution in [3.8, 4) is 0 Å². The first-order valence-electron chi connectivity index (χ1n) is 9.71. The van der Waals surface area contributed by atoms with Gasteiger partial charge < -0.3 is 5.32 Å². The van der Waals surface area contributed by atoms with Crippen LogP contribution in [0.15, 0.2) is 23.1 Å². The Morgan fingerprint density at radius 3 is 2.56 bits per heavy atom. The van der Waals surface area contributed by atoms with Crippen molar-refractivity contribution in [3.63, 3.8) is 0 Å². The van der Waals surface area contributed by atoms with Gasteiger partial charge in [-0.3, -0.25) is 9.69 Å². The monoisotopic (exact) mass is 413 g/mol. The van der Waals surface area contributed by atoms with Crippen molar-refractivity contribution in [2.45, 2.75) is 56.4 Å². The normalized spacial score (nSPS) is 22.5. The number of benzene rings is 1. The first-order valence-corrected chi connectivity index (χ1v) is 11.5. The molecule has 2 aliphatic heterocycles. The number of halogens is 1. The van der Waals surface area contributed by atoms with E-state index in [1.165, 1.54) is 28.9 Å². The van der Waals surface area contributed by atoms with Crippen molar-refractivity contribution in [1.82, 2.24) is 9.21 Å². The van der Waals surface area contributed by atoms with Crippen LogP contribution in [0.3, 0.4) is 0 Å². The second-order valence-corrected chi connectivity index (χ2v) is 9.81. The molecular formula is C19H28ClN3O3S. The highest BCUT2D eigenvalue weighted by Gasteiger charge is 2.27. The van der Waals surface area contributed by atoms with Gasteiger partial charge in [0.1, 0.15) is 0 Å². The molecule has 0 aliphatic carbocycles. The van der Waals surface area contributed by atoms with Crippen LogP contribution in [-0.4, -0.2) is 55.8 Å². The standard InChI is InChI=1S/C19H28ClN3O3S/c1-15-7-3-6-10-22(15)14-19(24)21-18-13-16(8-9-17(18)20)27(25,26)23-11-4-2-5-12-23/h8-9,13,15H,2-7,10-12,14H2,1H3,(H,21,24)/t15-/m0/s1. The maximum absolute atomic E-state index is 12.9. The highest BCUT2D eigenvalue weighted by atomic mass is 35.5. The van der Waals surface area contributed by atoms with Gasteiger partial charge >= 0.3 is 0 Å². The Balaban J connectivity index is 1.72. The number of nitrogens with one attached hydrogen (secondary N) is 1. The molecule has 0 spiro atoms. The fourth-order valence-corrected chi connectivity index (χ4v) is 5.49. The summed E-state index contributed by atoms with van der Waals surface area (Å²) in [6.45, 7) is 4.41. The van der Waals surface area contributed by atoms with Crippen LogP contribution in [0.25, 0.3) is 0 Å². The highest BCUT2D eigenvalue weighted by molar-refractivity contribution is 7.89. The molecule has 1 N–H and O–H groups in total. The van der Waals surface area contributed by atoms with Crippen LogP contribution in [0.1, 0.15) is 45.4 Å². The van der Waals surface area contributed by atoms with Gasteiger partial charge in [0.25, 0.3) is 0 Å². The molecule has 0 radical (unpaired) electrons. The molecule has 27 heavy (non-hydrogen) atoms. The van der Waals surface area contributed by atoms with Crippen LogP contribution in [0.5, 0.6) is 0 Å². The minimum Gasteiger partial charge on any atom is -0.324 e. The zero-order valence-corrected chi connectivity index (χ0v) is 17.4. The minimum absolute atomic E-state index is 0.168. The van der Waals surface area contributed by atoms with Gasteiger partial charge in [0.15, 0.2) is 0 Å². The Morgan fingerprint density at radius 1 is 1.15 bits per heavy atom. The lowest BCUT2D eigenvalue weighted by Gasteiger charge is -2.32. The number of hydrogen-bond donors (Lipinski definition) is 1. The Hall–Kier alpha value is -1.15. The van der Waals surface area contributed by atoms with E-state index in [9.17, 15) is 13.2 Å². The number of piperidine rings is 2. The number of sulfonamides is 1. The number of hydrogen-bond acceptors (Lipinski definition) is 4. The number of likely N-dealkylation sites (tertiary alicyclic amines) is 1. The molecule has 2 aliphatic rings. The second-order valence-electron chi connectivity index (χ2n) is 7.47. The van der Waals surface area contributed by atoms with Crippen molar-refractivity contribution >= 4 is 33.2 Å². The zero-order valence-electron chi connectivity index (χ0n) is 15.8. The summed E-state index contributed by atoms with van der Waals surface area (Å²) in [5, 5.41) is 3.14. The maximum atomic E-state index is 12.9. The number of rotatable bonds is 5. The SMILES string of the molecule is C[C@H]1CCCCN1CC(=O)Nc1cc(S(=O)(=O)N2CCCCC2)ccc1Cl. The van der Waals surface area contributed by atoms with E-state index in [0.29, 0.717) is 36.4 Å². The lowest BCUT2D eigenvalue weighted by molar-refractivity contribution is -0.118. The third kappa shape index (κ3) is 5.02. The summed E-state index contributed by atoms with van der Waals surface area (Å²) < 4.78 is 27.2. The molecule has 1 amide bonds. The first kappa shape index (κ1) is 20.6. The van der Waals surface area contributed by atoms with Gasteiger partial charge in [-0.2, -0.15) is 4.31 Å². The molecule has 0 unspecified atom stereocenters. The molecule has 2 heterocycles. The molecule has 0 aromatic heterocycles. The van der Waals surface area contributed by atoms with E-state index in [2.05, 4.69) is 17.1 Å². The highest BCUT2D eigenvalue weighted by Crippen LogP contribution is 2.28. The van der Waals surface area contributed by atoms with Crippen LogP contribution in [0, 0.1) is 0 Å². The van der Waals surface area contributed by atoms with Gasteiger partial charge in [0.05, 0.1) is 22.2 Å². The van der Waals surface area contributed by atoms with Crippen molar-refractivity contribution in [2.75, 3.05) is 31.5 Å². The van der Waals surface area contributed by atoms with Crippen LogP contribution in [0.2, 0.25) is 5.02 Å². The first-order chi connectivity index (χ1) is 12.9. The third-order valence-electron chi connectivity index (χ3n) is 5.45. The summed E-state index contributed by atoms with van der Waals surface area (Å²) in [5.41, 5.74) is 0.351. The van der Waals surface area contributed by atoms with Crippen molar-refractivity contribution in [3.05, 3.63) is 23.2 Å². The van der Waals surface area contributed by atoms with E-state index in [1.807, 2.05) is 0 Å². The van der Waals surface area contributed by atoms with E-state index in [4.69, 9.17) is 11.6 Å². The molecule has 2 fully saturated rings. The van der Waals surface area contributed by atoms with Crippen LogP contribution >= 0.6 is 11.6 Å². The van der Waals surface area contributed by atoms with E-state index in [0.717, 1.165) is 38.6 Å². The predicted molar refractivity (Wildman–Crippen MR) is 108 cm³/mol. The molecule has 0 saturated carbocycles. The topological polar surface area (TPSA) is 69.7 Å². The summed E-state index contributed by atoms with van der Waals surface area (Å²) in [7, 11) is -3.56. The number of anilines is 1. The molecule has 8 heteroatoms.